The van der Waals surface area contributed by atoms with E-state index in [4.69, 9.17) is 5.73 Å². The van der Waals surface area contributed by atoms with E-state index in [1.54, 1.807) is 106 Å². The molecule has 2 aliphatic rings. The Morgan fingerprint density at radius 2 is 0.971 bits per heavy atom. The summed E-state index contributed by atoms with van der Waals surface area (Å²) in [6, 6.07) is 12.0. The monoisotopic (exact) mass is 1960 g/mol. The molecule has 0 unspecified atom stereocenters. The number of fused-ring (bicyclic) bond motifs is 2. The minimum atomic E-state index is -2.08. The molecular formula is C98H121F3N16O22S. The number of nitrogens with zero attached hydrogens (tertiary/aromatic N) is 5. The lowest BCUT2D eigenvalue weighted by atomic mass is 9.98. The lowest BCUT2D eigenvalue weighted by Crippen LogP contribution is -2.62. The molecule has 15 amide bonds. The average molecular weight is 1960 g/mol. The molecule has 6 aromatic carbocycles. The molecule has 2 fully saturated rings. The summed E-state index contributed by atoms with van der Waals surface area (Å²) < 4.78 is 45.2. The first-order valence-electron chi connectivity index (χ1n) is 45.8. The van der Waals surface area contributed by atoms with Crippen LogP contribution in [0.3, 0.4) is 0 Å². The third-order valence-electron chi connectivity index (χ3n) is 24.3. The number of carbonyl (C=O) groups excluding carboxylic acids is 15. The zero-order valence-corrected chi connectivity index (χ0v) is 79.7. The molecule has 0 bridgehead atoms. The number of phenolic OH excluding ortho intramolecular Hbond substituents is 2. The molecule has 140 heavy (non-hydrogen) atoms. The number of nitrogens with one attached hydrogen (secondary N) is 10. The van der Waals surface area contributed by atoms with Gasteiger partial charge in [-0.2, -0.15) is 0 Å². The van der Waals surface area contributed by atoms with Crippen molar-refractivity contribution < 1.29 is 120 Å². The number of aromatic hydroxyl groups is 2. The molecular weight excluding hydrogens is 1840 g/mol. The first-order chi connectivity index (χ1) is 66.4. The SMILES string of the molecule is CCCC[C@H]1C(=O)N2C[C@H](O)C[C@@H]2C(=O)N[C@@H](CC(=O)O)C(=O)N[C@@H](C(C)C)C(=O)N(C)[C@@H](Cc2ccccc2)C(=O)N[C@@H](Cc2ccc(O)cc2)C(=O)N(C)[C@@H](CCC(=O)O)C(=O)N[C@@H](Cc2c[nH]c3ccccc23)C(=O)N[C@@H](Cc2ccc(O)cc2)C(=O)N[C@@H](CC(C)C)C(=O)N[C@H](C(=O)NCC(N)=O)CSCC(=O)N[C@@H](Cc2cc(F)c(F)c(F)c2)C(=O)N(C)[C@@H](Cc2ccccc2)C(=O)N1C. The summed E-state index contributed by atoms with van der Waals surface area (Å²) in [5.41, 5.74) is 7.42. The summed E-state index contributed by atoms with van der Waals surface area (Å²) in [6.07, 6.45) is -5.67. The molecule has 14 atom stereocenters. The topological polar surface area (TPSA) is 558 Å². The molecule has 7 aromatic rings. The summed E-state index contributed by atoms with van der Waals surface area (Å²) in [6.45, 7) is 6.70. The van der Waals surface area contributed by atoms with Crippen molar-refractivity contribution in [2.75, 3.05) is 52.8 Å². The molecule has 3 heterocycles. The van der Waals surface area contributed by atoms with E-state index >= 15 is 56.7 Å². The zero-order chi connectivity index (χ0) is 103. The van der Waals surface area contributed by atoms with Crippen molar-refractivity contribution in [3.05, 3.63) is 203 Å². The molecule has 1 aromatic heterocycles. The number of aliphatic hydroxyl groups excluding tert-OH is 1. The highest BCUT2D eigenvalue weighted by molar-refractivity contribution is 8.00. The Balaban J connectivity index is 1.17. The quantitative estimate of drug-likeness (QED) is 0.0346. The molecule has 2 saturated heterocycles. The maximum absolute atomic E-state index is 15.8. The van der Waals surface area contributed by atoms with Crippen LogP contribution in [-0.4, -0.2) is 293 Å². The van der Waals surface area contributed by atoms with Crippen molar-refractivity contribution >= 4 is 123 Å². The summed E-state index contributed by atoms with van der Waals surface area (Å²) in [5.74, 6) is -27.8. The predicted molar refractivity (Wildman–Crippen MR) is 506 cm³/mol. The molecule has 0 saturated carbocycles. The number of primary amides is 1. The van der Waals surface area contributed by atoms with Gasteiger partial charge < -0.3 is 109 Å². The van der Waals surface area contributed by atoms with Crippen LogP contribution >= 0.6 is 11.8 Å². The fourth-order valence-electron chi connectivity index (χ4n) is 16.7. The number of benzene rings is 6. The lowest BCUT2D eigenvalue weighted by molar-refractivity contribution is -0.152. The molecule has 0 aliphatic carbocycles. The molecule has 38 nitrogen and oxygen atoms in total. The normalized spacial score (nSPS) is 23.1. The first kappa shape index (κ1) is 109. The highest BCUT2D eigenvalue weighted by Crippen LogP contribution is 2.29. The van der Waals surface area contributed by atoms with Crippen LogP contribution < -0.4 is 53.6 Å². The Morgan fingerprint density at radius 1 is 0.493 bits per heavy atom. The minimum absolute atomic E-state index is 0.151. The predicted octanol–water partition coefficient (Wildman–Crippen LogP) is 2.48. The Hall–Kier alpha value is -14.5. The number of para-hydroxylation sites is 1. The molecule has 0 radical (unpaired) electrons. The van der Waals surface area contributed by atoms with Crippen LogP contribution in [0.1, 0.15) is 119 Å². The fraction of sp³-hybridized carbons (Fsp3) is 0.439. The van der Waals surface area contributed by atoms with Crippen molar-refractivity contribution in [3.8, 4) is 11.5 Å². The summed E-state index contributed by atoms with van der Waals surface area (Å²) >= 11 is 0.635. The van der Waals surface area contributed by atoms with Crippen LogP contribution in [0.25, 0.3) is 10.9 Å². The molecule has 42 heteroatoms. The number of rotatable bonds is 26. The molecule has 752 valence electrons. The molecule has 0 spiro atoms. The number of thioether (sulfide) groups is 1. The number of halogens is 3. The Labute approximate surface area is 810 Å². The van der Waals surface area contributed by atoms with E-state index in [0.717, 1.165) is 38.6 Å². The van der Waals surface area contributed by atoms with E-state index in [9.17, 15) is 63.5 Å². The van der Waals surface area contributed by atoms with Gasteiger partial charge in [0, 0.05) is 109 Å². The van der Waals surface area contributed by atoms with E-state index in [-0.39, 0.29) is 49.2 Å². The number of carboxylic acid groups (broad SMARTS) is 2. The van der Waals surface area contributed by atoms with Crippen molar-refractivity contribution in [1.82, 2.24) is 77.3 Å². The zero-order valence-electron chi connectivity index (χ0n) is 78.9. The van der Waals surface area contributed by atoms with Gasteiger partial charge in [0.05, 0.1) is 24.8 Å². The standard InChI is InChI=1S/C98H121F3N16O22S/c1-10-11-26-76-97(138)117-50-63(120)46-78(117)93(134)109-71(47-83(125)126)90(131)112-85(54(4)5)98(139)115(8)77(43-55-20-14-12-15-21-55)92(133)110-73(41-58-29-33-62(119)34-30-58)95(136)113(6)75(35-36-82(123)124)91(132)108-70(45-60-48-103-67-25-19-18-24-64(60)67)89(130)107-69(40-57-27-31-61(118)32-28-57)88(129)106-68(37-53(2)3)87(128)111-74(86(127)104-49-80(102)121)51-140-52-81(122)105-72(42-59-38-65(99)84(101)66(100)39-59)94(135)116(9)79(96(137)114(76)7)44-56-22-16-13-17-23-56/h12-25,27-34,38-39,48,53-54,63,68-79,85,103,118-120H,10-11,26,35-37,40-47,49-52H2,1-9H3,(H2,102,121)(H,104,127)(H,105,122)(H,106,129)(H,107,130)(H,108,132)(H,109,134)(H,110,133)(H,111,128)(H,112,131)(H,123,124)(H,125,126)/t63-,68+,69+,70+,71+,72+,73+,74+,75+,76+,77+,78-,79+,85+/m1/s1. The van der Waals surface area contributed by atoms with Gasteiger partial charge in [-0.25, -0.2) is 13.2 Å². The van der Waals surface area contributed by atoms with Gasteiger partial charge in [0.1, 0.15) is 90.0 Å². The van der Waals surface area contributed by atoms with Crippen molar-refractivity contribution in [1.29, 1.82) is 0 Å². The number of aliphatic hydroxyl groups is 1. The molecule has 17 N–H and O–H groups in total. The number of aliphatic carboxylic acids is 2. The van der Waals surface area contributed by atoms with Crippen LogP contribution in [0, 0.1) is 29.3 Å². The van der Waals surface area contributed by atoms with E-state index in [1.807, 2.05) is 0 Å². The van der Waals surface area contributed by atoms with E-state index in [1.165, 1.54) is 82.7 Å². The number of H-pyrrole nitrogens is 1. The number of hydrogen-bond acceptors (Lipinski definition) is 21. The number of amides is 15. The van der Waals surface area contributed by atoms with Gasteiger partial charge in [0.2, 0.25) is 88.6 Å². The second-order valence-corrected chi connectivity index (χ2v) is 36.8. The fourth-order valence-corrected chi connectivity index (χ4v) is 17.5. The third-order valence-corrected chi connectivity index (χ3v) is 25.4. The number of likely N-dealkylation sites (N-methyl/N-ethyl adjacent to an activating group) is 4. The van der Waals surface area contributed by atoms with Gasteiger partial charge in [0.25, 0.3) is 0 Å². The number of nitrogens with two attached hydrogens (primary N) is 1. The Bertz CT molecular complexity index is 5590. The smallest absolute Gasteiger partial charge is 0.305 e. The van der Waals surface area contributed by atoms with Crippen LogP contribution in [0.5, 0.6) is 11.5 Å². The van der Waals surface area contributed by atoms with E-state index < -0.39 is 296 Å². The number of carbonyl (C=O) groups is 17. The van der Waals surface area contributed by atoms with Gasteiger partial charge >= 0.3 is 11.9 Å². The lowest BCUT2D eigenvalue weighted by Gasteiger charge is -2.38. The van der Waals surface area contributed by atoms with Crippen molar-refractivity contribution in [3.63, 3.8) is 0 Å². The summed E-state index contributed by atoms with van der Waals surface area (Å²) in [4.78, 5) is 260. The van der Waals surface area contributed by atoms with Gasteiger partial charge in [-0.1, -0.05) is 151 Å². The first-order valence-corrected chi connectivity index (χ1v) is 46.9. The highest BCUT2D eigenvalue weighted by Gasteiger charge is 2.47. The Morgan fingerprint density at radius 3 is 1.54 bits per heavy atom. The number of carboxylic acids is 2. The third kappa shape index (κ3) is 30.8. The van der Waals surface area contributed by atoms with Gasteiger partial charge in [-0.15, -0.1) is 11.8 Å². The largest absolute Gasteiger partial charge is 0.508 e. The van der Waals surface area contributed by atoms with Crippen molar-refractivity contribution in [2.24, 2.45) is 17.6 Å². The van der Waals surface area contributed by atoms with Crippen molar-refractivity contribution in [2.45, 2.75) is 209 Å². The Kier molecular flexibility index (Phi) is 40.0. The molecule has 2 aliphatic heterocycles. The second kappa shape index (κ2) is 51.3. The van der Waals surface area contributed by atoms with Crippen LogP contribution in [0.4, 0.5) is 13.2 Å². The van der Waals surface area contributed by atoms with Crippen LogP contribution in [0.15, 0.2) is 152 Å². The van der Waals surface area contributed by atoms with E-state index in [2.05, 4.69) is 52.8 Å². The number of aromatic amines is 1. The number of hydrogen-bond donors (Lipinski definition) is 16. The van der Waals surface area contributed by atoms with Crippen LogP contribution in [-0.2, 0) is 120 Å². The van der Waals surface area contributed by atoms with Gasteiger partial charge in [-0.05, 0) is 107 Å². The average Bonchev–Trinajstić information content (AvgIpc) is 1.54. The number of aromatic nitrogens is 1. The number of phenols is 2. The molecule has 9 rings (SSSR count). The van der Waals surface area contributed by atoms with E-state index in [0.29, 0.717) is 63.5 Å². The number of unbranched alkanes of at least 4 members (excludes halogenated alkanes) is 1. The maximum Gasteiger partial charge on any atom is 0.305 e. The summed E-state index contributed by atoms with van der Waals surface area (Å²) in [5, 5.41) is 76.8. The maximum atomic E-state index is 15.8. The van der Waals surface area contributed by atoms with Crippen LogP contribution in [0.2, 0.25) is 0 Å². The second-order valence-electron chi connectivity index (χ2n) is 35.7. The van der Waals surface area contributed by atoms with Gasteiger partial charge in [0.15, 0.2) is 17.5 Å². The minimum Gasteiger partial charge on any atom is -0.508 e. The van der Waals surface area contributed by atoms with Gasteiger partial charge in [-0.3, -0.25) is 81.5 Å². The summed E-state index contributed by atoms with van der Waals surface area (Å²) in [7, 11) is 4.70. The highest BCUT2D eigenvalue weighted by atomic mass is 32.2.